The van der Waals surface area contributed by atoms with Crippen LogP contribution in [0.2, 0.25) is 0 Å². The van der Waals surface area contributed by atoms with Crippen molar-refractivity contribution in [1.29, 1.82) is 0 Å². The molecular formula is C25H30F2N2OS. The lowest BCUT2D eigenvalue weighted by Crippen LogP contribution is -2.15. The first-order valence-corrected chi connectivity index (χ1v) is 11.3. The van der Waals surface area contributed by atoms with Gasteiger partial charge in [0.25, 0.3) is 5.92 Å². The molecule has 0 aliphatic heterocycles. The first kappa shape index (κ1) is 23.5. The van der Waals surface area contributed by atoms with Crippen LogP contribution in [-0.4, -0.2) is 11.5 Å². The second-order valence-corrected chi connectivity index (χ2v) is 10.4. The molecule has 6 heteroatoms. The normalized spacial score (nSPS) is 12.5. The summed E-state index contributed by atoms with van der Waals surface area (Å²) in [5, 5.41) is 0.387. The summed E-state index contributed by atoms with van der Waals surface area (Å²) in [6.45, 7) is 10.5. The lowest BCUT2D eigenvalue weighted by atomic mass is 9.93. The molecule has 0 radical (unpaired) electrons. The number of hydrogen-bond donors (Lipinski definition) is 2. The first-order valence-electron chi connectivity index (χ1n) is 10.5. The number of alkyl halides is 2. The van der Waals surface area contributed by atoms with Crippen molar-refractivity contribution in [1.82, 2.24) is 9.71 Å². The van der Waals surface area contributed by atoms with Crippen LogP contribution >= 0.6 is 11.9 Å². The molecule has 0 bridgehead atoms. The molecule has 0 atom stereocenters. The minimum absolute atomic E-state index is 0.238. The van der Waals surface area contributed by atoms with Crippen molar-refractivity contribution >= 4 is 22.9 Å². The van der Waals surface area contributed by atoms with E-state index < -0.39 is 11.5 Å². The molecule has 0 saturated carbocycles. The summed E-state index contributed by atoms with van der Waals surface area (Å²) in [6.07, 6.45) is 1.74. The van der Waals surface area contributed by atoms with Crippen molar-refractivity contribution < 1.29 is 8.78 Å². The summed E-state index contributed by atoms with van der Waals surface area (Å²) < 4.78 is 31.5. The van der Waals surface area contributed by atoms with Crippen LogP contribution in [0.25, 0.3) is 10.9 Å². The Labute approximate surface area is 186 Å². The Balaban J connectivity index is 1.78. The molecule has 0 unspecified atom stereocenters. The number of hydrogen-bond acceptors (Lipinski definition) is 3. The van der Waals surface area contributed by atoms with Gasteiger partial charge in [-0.2, -0.15) is 0 Å². The highest BCUT2D eigenvalue weighted by Crippen LogP contribution is 2.32. The zero-order valence-electron chi connectivity index (χ0n) is 18.7. The summed E-state index contributed by atoms with van der Waals surface area (Å²) >= 11 is 1.63. The molecule has 3 rings (SSSR count). The average Bonchev–Trinajstić information content (AvgIpc) is 2.65. The maximum Gasteiger partial charge on any atom is 0.271 e. The van der Waals surface area contributed by atoms with Crippen molar-refractivity contribution in [3.05, 3.63) is 75.1 Å². The van der Waals surface area contributed by atoms with Gasteiger partial charge in [-0.25, -0.2) is 8.78 Å². The number of halogens is 2. The van der Waals surface area contributed by atoms with Crippen LogP contribution in [0.5, 0.6) is 0 Å². The van der Waals surface area contributed by atoms with E-state index in [1.165, 1.54) is 0 Å². The average molecular weight is 445 g/mol. The molecule has 2 aromatic carbocycles. The Kier molecular flexibility index (Phi) is 6.92. The minimum Gasteiger partial charge on any atom is -0.322 e. The van der Waals surface area contributed by atoms with Crippen LogP contribution < -0.4 is 10.3 Å². The molecule has 0 spiro atoms. The fraction of sp³-hybridized carbons (Fsp3) is 0.400. The van der Waals surface area contributed by atoms with Gasteiger partial charge in [0.1, 0.15) is 0 Å². The van der Waals surface area contributed by atoms with Gasteiger partial charge in [-0.1, -0.05) is 32.9 Å². The zero-order valence-corrected chi connectivity index (χ0v) is 19.6. The van der Waals surface area contributed by atoms with Crippen molar-refractivity contribution in [2.24, 2.45) is 5.41 Å². The fourth-order valence-corrected chi connectivity index (χ4v) is 4.23. The number of nitrogens with one attached hydrogen (secondary N) is 2. The summed E-state index contributed by atoms with van der Waals surface area (Å²) in [6, 6.07) is 12.7. The van der Waals surface area contributed by atoms with E-state index in [1.807, 2.05) is 6.07 Å². The molecule has 166 valence electrons. The molecule has 0 aliphatic rings. The van der Waals surface area contributed by atoms with Crippen molar-refractivity contribution in [2.75, 3.05) is 6.54 Å². The summed E-state index contributed by atoms with van der Waals surface area (Å²) in [5.74, 6) is -3.08. The summed E-state index contributed by atoms with van der Waals surface area (Å²) in [4.78, 5) is 15.5. The van der Waals surface area contributed by atoms with Crippen LogP contribution in [0.3, 0.4) is 0 Å². The van der Waals surface area contributed by atoms with E-state index in [0.29, 0.717) is 22.7 Å². The number of aromatic amines is 1. The Bertz CT molecular complexity index is 1130. The highest BCUT2D eigenvalue weighted by Gasteiger charge is 2.27. The van der Waals surface area contributed by atoms with Gasteiger partial charge in [-0.3, -0.25) is 9.52 Å². The predicted octanol–water partition coefficient (Wildman–Crippen LogP) is 6.57. The van der Waals surface area contributed by atoms with Crippen LogP contribution in [0.15, 0.2) is 52.2 Å². The van der Waals surface area contributed by atoms with Crippen molar-refractivity contribution in [3.8, 4) is 0 Å². The van der Waals surface area contributed by atoms with Crippen LogP contribution in [0.4, 0.5) is 8.78 Å². The monoisotopic (exact) mass is 444 g/mol. The summed E-state index contributed by atoms with van der Waals surface area (Å²) in [7, 11) is 0. The van der Waals surface area contributed by atoms with E-state index >= 15 is 0 Å². The quantitative estimate of drug-likeness (QED) is 0.320. The third-order valence-corrected chi connectivity index (χ3v) is 6.09. The molecular weight excluding hydrogens is 414 g/mol. The van der Waals surface area contributed by atoms with Crippen molar-refractivity contribution in [3.63, 3.8) is 0 Å². The lowest BCUT2D eigenvalue weighted by molar-refractivity contribution is 0.0189. The van der Waals surface area contributed by atoms with E-state index in [4.69, 9.17) is 0 Å². The fourth-order valence-electron chi connectivity index (χ4n) is 3.48. The van der Waals surface area contributed by atoms with Gasteiger partial charge in [0.2, 0.25) is 5.56 Å². The van der Waals surface area contributed by atoms with Crippen molar-refractivity contribution in [2.45, 2.75) is 58.3 Å². The third-order valence-electron chi connectivity index (χ3n) is 5.26. The van der Waals surface area contributed by atoms with Gasteiger partial charge in [0.05, 0.1) is 0 Å². The lowest BCUT2D eigenvalue weighted by Gasteiger charge is -2.18. The second-order valence-electron chi connectivity index (χ2n) is 9.39. The largest absolute Gasteiger partial charge is 0.322 e. The van der Waals surface area contributed by atoms with Crippen LogP contribution in [-0.2, 0) is 12.3 Å². The SMILES string of the molecule is Cc1cc(SNCCC(C)(C)C)ccc1Cc1ccc2[nH]c(=O)cc(C(C)(F)F)c2c1. The number of aromatic nitrogens is 1. The second kappa shape index (κ2) is 9.13. The van der Waals surface area contributed by atoms with Gasteiger partial charge in [0, 0.05) is 40.9 Å². The first-order chi connectivity index (χ1) is 14.4. The number of H-pyrrole nitrogens is 1. The zero-order chi connectivity index (χ0) is 22.8. The predicted molar refractivity (Wildman–Crippen MR) is 126 cm³/mol. The molecule has 0 amide bonds. The maximum atomic E-state index is 14.1. The molecule has 0 fully saturated rings. The standard InChI is InChI=1S/C25H30F2N2OS/c1-16-12-19(31-28-11-10-24(2,3)4)8-7-18(16)13-17-6-9-22-20(14-17)21(25(5,26)27)15-23(30)29-22/h6-9,12,14-15,28H,10-11,13H2,1-5H3,(H,29,30). The van der Waals surface area contributed by atoms with E-state index in [2.05, 4.69) is 55.6 Å². The Morgan fingerprint density at radius 3 is 2.42 bits per heavy atom. The van der Waals surface area contributed by atoms with Crippen LogP contribution in [0.1, 0.15) is 56.4 Å². The van der Waals surface area contributed by atoms with E-state index in [-0.39, 0.29) is 5.56 Å². The highest BCUT2D eigenvalue weighted by atomic mass is 32.2. The third kappa shape index (κ3) is 6.40. The van der Waals surface area contributed by atoms with E-state index in [0.717, 1.165) is 47.5 Å². The van der Waals surface area contributed by atoms with Gasteiger partial charge < -0.3 is 4.98 Å². The van der Waals surface area contributed by atoms with Gasteiger partial charge >= 0.3 is 0 Å². The van der Waals surface area contributed by atoms with E-state index in [9.17, 15) is 13.6 Å². The molecule has 3 aromatic rings. The molecule has 1 heterocycles. The molecule has 3 nitrogen and oxygen atoms in total. The molecule has 0 aliphatic carbocycles. The van der Waals surface area contributed by atoms with Gasteiger partial charge in [0.15, 0.2) is 0 Å². The highest BCUT2D eigenvalue weighted by molar-refractivity contribution is 7.97. The van der Waals surface area contributed by atoms with Gasteiger partial charge in [-0.05, 0) is 78.1 Å². The number of rotatable bonds is 7. The number of pyridine rings is 1. The molecule has 2 N–H and O–H groups in total. The Morgan fingerprint density at radius 2 is 1.77 bits per heavy atom. The smallest absolute Gasteiger partial charge is 0.271 e. The van der Waals surface area contributed by atoms with E-state index in [1.54, 1.807) is 24.1 Å². The number of fused-ring (bicyclic) bond motifs is 1. The van der Waals surface area contributed by atoms with Crippen LogP contribution in [0, 0.1) is 12.3 Å². The minimum atomic E-state index is -3.08. The maximum absolute atomic E-state index is 14.1. The number of benzene rings is 2. The Hall–Kier alpha value is -2.18. The molecule has 31 heavy (non-hydrogen) atoms. The number of aryl methyl sites for hydroxylation is 1. The topological polar surface area (TPSA) is 44.9 Å². The molecule has 1 aromatic heterocycles. The molecule has 0 saturated heterocycles. The van der Waals surface area contributed by atoms with Gasteiger partial charge in [-0.15, -0.1) is 0 Å². The Morgan fingerprint density at radius 1 is 1.03 bits per heavy atom. The summed E-state index contributed by atoms with van der Waals surface area (Å²) in [5.41, 5.74) is 3.21.